The minimum atomic E-state index is -4.49. The highest BCUT2D eigenvalue weighted by molar-refractivity contribution is 5.78. The molecular weight excluding hydrogens is 489 g/mol. The van der Waals surface area contributed by atoms with Crippen molar-refractivity contribution in [1.29, 1.82) is 0 Å². The Kier molecular flexibility index (Phi) is 5.87. The van der Waals surface area contributed by atoms with E-state index in [1.54, 1.807) is 43.3 Å². The third-order valence-electron chi connectivity index (χ3n) is 5.54. The van der Waals surface area contributed by atoms with Crippen LogP contribution < -0.4 is 5.56 Å². The van der Waals surface area contributed by atoms with Crippen LogP contribution in [0.1, 0.15) is 11.3 Å². The first-order valence-electron chi connectivity index (χ1n) is 10.8. The van der Waals surface area contributed by atoms with Gasteiger partial charge >= 0.3 is 6.18 Å². The van der Waals surface area contributed by atoms with Crippen molar-refractivity contribution in [3.8, 4) is 34.0 Å². The molecular formula is C24H17F3N8O2. The molecule has 5 rings (SSSR count). The molecule has 10 nitrogen and oxygen atoms in total. The average molecular weight is 506 g/mol. The highest BCUT2D eigenvalue weighted by Gasteiger charge is 2.30. The van der Waals surface area contributed by atoms with Gasteiger partial charge in [0.15, 0.2) is 11.4 Å². The van der Waals surface area contributed by atoms with Crippen LogP contribution in [0.15, 0.2) is 81.8 Å². The van der Waals surface area contributed by atoms with Crippen LogP contribution in [0.4, 0.5) is 24.5 Å². The van der Waals surface area contributed by atoms with E-state index >= 15 is 0 Å². The molecule has 0 bridgehead atoms. The number of nitrogens with one attached hydrogen (secondary N) is 2. The number of aromatic nitrogens is 6. The van der Waals surface area contributed by atoms with Crippen molar-refractivity contribution in [2.45, 2.75) is 13.1 Å². The number of alkyl halides is 3. The van der Waals surface area contributed by atoms with Gasteiger partial charge in [-0.25, -0.2) is 4.68 Å². The van der Waals surface area contributed by atoms with E-state index in [1.165, 1.54) is 18.2 Å². The molecule has 0 saturated heterocycles. The molecule has 5 aromatic rings. The standard InChI is InChI=1S/C24H17F3N8O2/c1-13-20(23(37)35(32-13)17-10-8-16(9-11-17)24(25,26)27)29-28-19-7-3-6-18(21(19)36)14-4-2-5-15(12-14)22-30-33-34-31-22/h2-12,32,36H,1H3,(H,30,31,33,34). The van der Waals surface area contributed by atoms with Gasteiger partial charge in [-0.15, -0.1) is 20.4 Å². The van der Waals surface area contributed by atoms with Crippen molar-refractivity contribution in [2.75, 3.05) is 0 Å². The van der Waals surface area contributed by atoms with E-state index < -0.39 is 17.3 Å². The number of halogens is 3. The van der Waals surface area contributed by atoms with Gasteiger partial charge in [0.1, 0.15) is 5.69 Å². The van der Waals surface area contributed by atoms with E-state index in [0.29, 0.717) is 28.2 Å². The van der Waals surface area contributed by atoms with Gasteiger partial charge in [0, 0.05) is 11.1 Å². The quantitative estimate of drug-likeness (QED) is 0.272. The lowest BCUT2D eigenvalue weighted by Gasteiger charge is -2.07. The minimum Gasteiger partial charge on any atom is -0.505 e. The molecule has 0 atom stereocenters. The molecule has 0 amide bonds. The van der Waals surface area contributed by atoms with Gasteiger partial charge < -0.3 is 5.11 Å². The fraction of sp³-hybridized carbons (Fsp3) is 0.0833. The average Bonchev–Trinajstić information content (AvgIpc) is 3.52. The number of rotatable bonds is 5. The largest absolute Gasteiger partial charge is 0.505 e. The van der Waals surface area contributed by atoms with E-state index in [-0.39, 0.29) is 22.8 Å². The molecule has 0 spiro atoms. The second kappa shape index (κ2) is 9.18. The third kappa shape index (κ3) is 4.61. The predicted molar refractivity (Wildman–Crippen MR) is 127 cm³/mol. The molecule has 0 unspecified atom stereocenters. The van der Waals surface area contributed by atoms with Crippen LogP contribution in [0.3, 0.4) is 0 Å². The van der Waals surface area contributed by atoms with E-state index in [2.05, 4.69) is 36.0 Å². The van der Waals surface area contributed by atoms with Crippen molar-refractivity contribution in [1.82, 2.24) is 30.4 Å². The lowest BCUT2D eigenvalue weighted by molar-refractivity contribution is -0.137. The summed E-state index contributed by atoms with van der Waals surface area (Å²) in [6, 6.07) is 16.2. The molecule has 186 valence electrons. The van der Waals surface area contributed by atoms with Crippen molar-refractivity contribution in [2.24, 2.45) is 10.2 Å². The second-order valence-corrected chi connectivity index (χ2v) is 7.96. The van der Waals surface area contributed by atoms with Crippen molar-refractivity contribution in [3.05, 3.63) is 88.3 Å². The highest BCUT2D eigenvalue weighted by atomic mass is 19.4. The zero-order valence-electron chi connectivity index (χ0n) is 19.0. The van der Waals surface area contributed by atoms with Gasteiger partial charge in [-0.3, -0.25) is 9.89 Å². The van der Waals surface area contributed by atoms with E-state index in [9.17, 15) is 23.1 Å². The SMILES string of the molecule is Cc1[nH]n(-c2ccc(C(F)(F)F)cc2)c(=O)c1N=Nc1cccc(-c2cccc(-c3nn[nH]n3)c2)c1O. The van der Waals surface area contributed by atoms with Gasteiger partial charge in [-0.2, -0.15) is 18.4 Å². The van der Waals surface area contributed by atoms with Crippen molar-refractivity contribution >= 4 is 11.4 Å². The smallest absolute Gasteiger partial charge is 0.416 e. The molecule has 3 aromatic carbocycles. The topological polar surface area (TPSA) is 137 Å². The number of hydrogen-bond acceptors (Lipinski definition) is 7. The third-order valence-corrected chi connectivity index (χ3v) is 5.54. The number of hydrogen-bond donors (Lipinski definition) is 3. The first-order valence-corrected chi connectivity index (χ1v) is 10.8. The van der Waals surface area contributed by atoms with Gasteiger partial charge in [0.2, 0.25) is 5.82 Å². The highest BCUT2D eigenvalue weighted by Crippen LogP contribution is 2.38. The maximum absolute atomic E-state index is 12.9. The summed E-state index contributed by atoms with van der Waals surface area (Å²) in [4.78, 5) is 12.9. The maximum atomic E-state index is 12.9. The number of tetrazole rings is 1. The number of benzene rings is 3. The number of nitrogens with zero attached hydrogens (tertiary/aromatic N) is 6. The zero-order valence-corrected chi connectivity index (χ0v) is 19.0. The molecule has 0 aliphatic heterocycles. The molecule has 0 aliphatic rings. The molecule has 37 heavy (non-hydrogen) atoms. The van der Waals surface area contributed by atoms with Gasteiger partial charge in [-0.1, -0.05) is 30.3 Å². The van der Waals surface area contributed by atoms with E-state index in [4.69, 9.17) is 0 Å². The Bertz CT molecular complexity index is 1650. The number of aromatic hydroxyl groups is 1. The summed E-state index contributed by atoms with van der Waals surface area (Å²) >= 11 is 0. The van der Waals surface area contributed by atoms with Gasteiger partial charge in [0.25, 0.3) is 5.56 Å². The molecule has 0 radical (unpaired) electrons. The zero-order chi connectivity index (χ0) is 26.2. The van der Waals surface area contributed by atoms with E-state index in [1.807, 2.05) is 0 Å². The summed E-state index contributed by atoms with van der Waals surface area (Å²) in [6.07, 6.45) is -4.49. The van der Waals surface area contributed by atoms with Crippen LogP contribution in [0.2, 0.25) is 0 Å². The molecule has 0 fully saturated rings. The first kappa shape index (κ1) is 23.7. The molecule has 2 heterocycles. The molecule has 3 N–H and O–H groups in total. The van der Waals surface area contributed by atoms with Crippen LogP contribution >= 0.6 is 0 Å². The van der Waals surface area contributed by atoms with Crippen LogP contribution in [0.25, 0.3) is 28.2 Å². The predicted octanol–water partition coefficient (Wildman–Crippen LogP) is 5.46. The Morgan fingerprint density at radius 2 is 1.70 bits per heavy atom. The summed E-state index contributed by atoms with van der Waals surface area (Å²) < 4.78 is 39.6. The normalized spacial score (nSPS) is 11.9. The Balaban J connectivity index is 1.46. The Morgan fingerprint density at radius 3 is 2.41 bits per heavy atom. The Hall–Kier alpha value is -5.07. The Morgan fingerprint density at radius 1 is 0.973 bits per heavy atom. The molecule has 13 heteroatoms. The summed E-state index contributed by atoms with van der Waals surface area (Å²) in [6.45, 7) is 1.58. The molecule has 2 aromatic heterocycles. The number of aryl methyl sites for hydroxylation is 1. The number of phenolic OH excluding ortho intramolecular Hbond substituents is 1. The van der Waals surface area contributed by atoms with Crippen LogP contribution in [0.5, 0.6) is 5.75 Å². The molecule has 0 aliphatic carbocycles. The van der Waals surface area contributed by atoms with E-state index in [0.717, 1.165) is 16.8 Å². The summed E-state index contributed by atoms with van der Waals surface area (Å²) in [7, 11) is 0. The fourth-order valence-corrected chi connectivity index (χ4v) is 3.70. The van der Waals surface area contributed by atoms with Crippen molar-refractivity contribution < 1.29 is 18.3 Å². The number of phenols is 1. The van der Waals surface area contributed by atoms with Crippen LogP contribution in [-0.2, 0) is 6.18 Å². The van der Waals surface area contributed by atoms with Gasteiger partial charge in [-0.05, 0) is 54.1 Å². The summed E-state index contributed by atoms with van der Waals surface area (Å²) in [5.74, 6) is 0.234. The summed E-state index contributed by atoms with van der Waals surface area (Å²) in [5.41, 5.74) is 0.993. The number of azo groups is 1. The molecule has 0 saturated carbocycles. The maximum Gasteiger partial charge on any atom is 0.416 e. The second-order valence-electron chi connectivity index (χ2n) is 7.96. The monoisotopic (exact) mass is 506 g/mol. The number of para-hydroxylation sites is 1. The Labute approximate surface area is 206 Å². The number of H-pyrrole nitrogens is 2. The lowest BCUT2D eigenvalue weighted by atomic mass is 10.0. The number of aromatic amines is 2. The summed E-state index contributed by atoms with van der Waals surface area (Å²) in [5, 5.41) is 35.6. The minimum absolute atomic E-state index is 0.0520. The van der Waals surface area contributed by atoms with Crippen LogP contribution in [-0.4, -0.2) is 35.5 Å². The lowest BCUT2D eigenvalue weighted by Crippen LogP contribution is -2.14. The van der Waals surface area contributed by atoms with Crippen LogP contribution in [0, 0.1) is 6.92 Å². The van der Waals surface area contributed by atoms with Crippen molar-refractivity contribution in [3.63, 3.8) is 0 Å². The fourth-order valence-electron chi connectivity index (χ4n) is 3.70. The first-order chi connectivity index (χ1) is 17.7. The van der Waals surface area contributed by atoms with Gasteiger partial charge in [0.05, 0.1) is 16.9 Å².